The molecule has 0 aliphatic carbocycles. The fraction of sp³-hybridized carbons (Fsp3) is 0.700. The van der Waals surface area contributed by atoms with E-state index in [1.807, 2.05) is 6.92 Å². The zero-order valence-electron chi connectivity index (χ0n) is 9.39. The van der Waals surface area contributed by atoms with Gasteiger partial charge in [0, 0.05) is 6.92 Å². The average Bonchev–Trinajstić information content (AvgIpc) is 2.15. The summed E-state index contributed by atoms with van der Waals surface area (Å²) < 4.78 is 9.33. The number of aliphatic carboxylic acids is 1. The fourth-order valence-electron chi connectivity index (χ4n) is 0.942. The highest BCUT2D eigenvalue weighted by molar-refractivity contribution is 5.83. The van der Waals surface area contributed by atoms with Crippen molar-refractivity contribution >= 4 is 17.9 Å². The second-order valence-electron chi connectivity index (χ2n) is 3.22. The molecular weight excluding hydrogens is 216 g/mol. The maximum absolute atomic E-state index is 11.3. The highest BCUT2D eigenvalue weighted by Gasteiger charge is 2.26. The number of unbranched alkanes of at least 4 members (excludes halogenated alkanes) is 1. The van der Waals surface area contributed by atoms with Gasteiger partial charge in [-0.2, -0.15) is 0 Å². The van der Waals surface area contributed by atoms with Gasteiger partial charge in [0.05, 0.1) is 13.0 Å². The molecular formula is C10H16O6. The van der Waals surface area contributed by atoms with Crippen molar-refractivity contribution in [2.24, 2.45) is 0 Å². The van der Waals surface area contributed by atoms with E-state index in [-0.39, 0.29) is 6.61 Å². The van der Waals surface area contributed by atoms with E-state index in [9.17, 15) is 14.4 Å². The minimum atomic E-state index is -1.35. The van der Waals surface area contributed by atoms with E-state index in [4.69, 9.17) is 9.84 Å². The highest BCUT2D eigenvalue weighted by atomic mass is 16.6. The Morgan fingerprint density at radius 3 is 2.38 bits per heavy atom. The summed E-state index contributed by atoms with van der Waals surface area (Å²) in [6, 6.07) is 0. The molecule has 0 spiro atoms. The van der Waals surface area contributed by atoms with Crippen LogP contribution in [0, 0.1) is 0 Å². The third-order valence-corrected chi connectivity index (χ3v) is 1.67. The van der Waals surface area contributed by atoms with Crippen molar-refractivity contribution in [2.75, 3.05) is 6.61 Å². The SMILES string of the molecule is CCCCOC(=O)[C@H](CC(=O)O)OC(C)=O. The maximum atomic E-state index is 11.3. The molecule has 0 saturated carbocycles. The Morgan fingerprint density at radius 1 is 1.31 bits per heavy atom. The molecule has 16 heavy (non-hydrogen) atoms. The number of esters is 2. The molecule has 0 aliphatic rings. The Labute approximate surface area is 93.5 Å². The molecule has 0 unspecified atom stereocenters. The Balaban J connectivity index is 4.20. The van der Waals surface area contributed by atoms with Crippen molar-refractivity contribution in [1.29, 1.82) is 0 Å². The number of carboxylic acid groups (broad SMARTS) is 1. The molecule has 1 N–H and O–H groups in total. The van der Waals surface area contributed by atoms with Gasteiger partial charge in [0.25, 0.3) is 0 Å². The monoisotopic (exact) mass is 232 g/mol. The quantitative estimate of drug-likeness (QED) is 0.514. The lowest BCUT2D eigenvalue weighted by molar-refractivity contribution is -0.169. The third kappa shape index (κ3) is 6.80. The number of ether oxygens (including phenoxy) is 2. The summed E-state index contributed by atoms with van der Waals surface area (Å²) in [6.07, 6.45) is -0.396. The van der Waals surface area contributed by atoms with Crippen LogP contribution in [0.25, 0.3) is 0 Å². The Kier molecular flexibility index (Phi) is 6.91. The summed E-state index contributed by atoms with van der Waals surface area (Å²) in [5, 5.41) is 8.52. The third-order valence-electron chi connectivity index (χ3n) is 1.67. The van der Waals surface area contributed by atoms with Crippen molar-refractivity contribution in [1.82, 2.24) is 0 Å². The van der Waals surface area contributed by atoms with Crippen molar-refractivity contribution in [3.05, 3.63) is 0 Å². The number of hydrogen-bond acceptors (Lipinski definition) is 5. The first-order valence-electron chi connectivity index (χ1n) is 5.03. The van der Waals surface area contributed by atoms with Crippen LogP contribution in [0.5, 0.6) is 0 Å². The largest absolute Gasteiger partial charge is 0.481 e. The second-order valence-corrected chi connectivity index (χ2v) is 3.22. The van der Waals surface area contributed by atoms with Crippen LogP contribution in [0.15, 0.2) is 0 Å². The molecule has 0 radical (unpaired) electrons. The molecule has 0 fully saturated rings. The highest BCUT2D eigenvalue weighted by Crippen LogP contribution is 2.03. The Hall–Kier alpha value is -1.59. The van der Waals surface area contributed by atoms with Gasteiger partial charge >= 0.3 is 17.9 Å². The summed E-state index contributed by atoms with van der Waals surface area (Å²) in [6.45, 7) is 3.23. The van der Waals surface area contributed by atoms with Crippen LogP contribution in [0.1, 0.15) is 33.1 Å². The van der Waals surface area contributed by atoms with E-state index in [0.717, 1.165) is 13.3 Å². The van der Waals surface area contributed by atoms with Gasteiger partial charge in [0.2, 0.25) is 6.10 Å². The number of carbonyl (C=O) groups is 3. The van der Waals surface area contributed by atoms with Crippen LogP contribution in [-0.4, -0.2) is 35.7 Å². The van der Waals surface area contributed by atoms with E-state index in [1.54, 1.807) is 0 Å². The molecule has 0 rings (SSSR count). The lowest BCUT2D eigenvalue weighted by Gasteiger charge is -2.13. The van der Waals surface area contributed by atoms with E-state index in [0.29, 0.717) is 6.42 Å². The van der Waals surface area contributed by atoms with Crippen molar-refractivity contribution in [3.8, 4) is 0 Å². The molecule has 1 atom stereocenters. The first-order chi connectivity index (χ1) is 7.47. The number of carboxylic acids is 1. The van der Waals surface area contributed by atoms with Gasteiger partial charge in [-0.1, -0.05) is 13.3 Å². The molecule has 0 aliphatic heterocycles. The van der Waals surface area contributed by atoms with Crippen LogP contribution in [0.3, 0.4) is 0 Å². The standard InChI is InChI=1S/C10H16O6/c1-3-4-5-15-10(14)8(6-9(12)13)16-7(2)11/h8H,3-6H2,1-2H3,(H,12,13)/t8-/m0/s1. The number of hydrogen-bond donors (Lipinski definition) is 1. The van der Waals surface area contributed by atoms with Gasteiger partial charge in [-0.05, 0) is 6.42 Å². The summed E-state index contributed by atoms with van der Waals surface area (Å²) in [5.74, 6) is -2.75. The minimum Gasteiger partial charge on any atom is -0.481 e. The average molecular weight is 232 g/mol. The number of rotatable bonds is 7. The van der Waals surface area contributed by atoms with Gasteiger partial charge in [-0.25, -0.2) is 4.79 Å². The van der Waals surface area contributed by atoms with Gasteiger partial charge in [-0.3, -0.25) is 9.59 Å². The van der Waals surface area contributed by atoms with Crippen molar-refractivity contribution < 1.29 is 29.0 Å². The van der Waals surface area contributed by atoms with E-state index >= 15 is 0 Å². The predicted octanol–water partition coefficient (Wildman–Crippen LogP) is 0.736. The first-order valence-corrected chi connectivity index (χ1v) is 5.03. The summed E-state index contributed by atoms with van der Waals surface area (Å²) in [5.41, 5.74) is 0. The van der Waals surface area contributed by atoms with E-state index < -0.39 is 30.4 Å². The maximum Gasteiger partial charge on any atom is 0.348 e. The predicted molar refractivity (Wildman–Crippen MR) is 53.7 cm³/mol. The van der Waals surface area contributed by atoms with Crippen molar-refractivity contribution in [2.45, 2.75) is 39.2 Å². The van der Waals surface area contributed by atoms with Gasteiger partial charge < -0.3 is 14.6 Å². The molecule has 0 bridgehead atoms. The molecule has 92 valence electrons. The van der Waals surface area contributed by atoms with Crippen LogP contribution in [0.4, 0.5) is 0 Å². The van der Waals surface area contributed by atoms with Crippen LogP contribution in [0.2, 0.25) is 0 Å². The molecule has 0 aromatic rings. The molecule has 0 amide bonds. The Bertz CT molecular complexity index is 244. The fourth-order valence-corrected chi connectivity index (χ4v) is 0.942. The van der Waals surface area contributed by atoms with Crippen molar-refractivity contribution in [3.63, 3.8) is 0 Å². The summed E-state index contributed by atoms with van der Waals surface area (Å²) in [7, 11) is 0. The molecule has 0 saturated heterocycles. The van der Waals surface area contributed by atoms with Gasteiger partial charge in [-0.15, -0.1) is 0 Å². The molecule has 0 aromatic carbocycles. The lowest BCUT2D eigenvalue weighted by atomic mass is 10.2. The topological polar surface area (TPSA) is 89.9 Å². The van der Waals surface area contributed by atoms with Gasteiger partial charge in [0.1, 0.15) is 0 Å². The summed E-state index contributed by atoms with van der Waals surface area (Å²) in [4.78, 5) is 32.4. The van der Waals surface area contributed by atoms with Crippen LogP contribution in [-0.2, 0) is 23.9 Å². The summed E-state index contributed by atoms with van der Waals surface area (Å²) >= 11 is 0. The smallest absolute Gasteiger partial charge is 0.348 e. The number of carbonyl (C=O) groups excluding carboxylic acids is 2. The minimum absolute atomic E-state index is 0.201. The Morgan fingerprint density at radius 2 is 1.94 bits per heavy atom. The zero-order chi connectivity index (χ0) is 12.6. The molecule has 0 heterocycles. The van der Waals surface area contributed by atoms with E-state index in [2.05, 4.69) is 4.74 Å². The van der Waals surface area contributed by atoms with Crippen LogP contribution >= 0.6 is 0 Å². The normalized spacial score (nSPS) is 11.6. The van der Waals surface area contributed by atoms with Crippen LogP contribution < -0.4 is 0 Å². The first kappa shape index (κ1) is 14.4. The molecule has 6 nitrogen and oxygen atoms in total. The molecule has 6 heteroatoms. The van der Waals surface area contributed by atoms with Gasteiger partial charge in [0.15, 0.2) is 0 Å². The lowest BCUT2D eigenvalue weighted by Crippen LogP contribution is -2.31. The second kappa shape index (κ2) is 7.67. The molecule has 0 aromatic heterocycles. The zero-order valence-corrected chi connectivity index (χ0v) is 9.39. The van der Waals surface area contributed by atoms with E-state index in [1.165, 1.54) is 0 Å².